The van der Waals surface area contributed by atoms with Crippen molar-refractivity contribution in [2.45, 2.75) is 75.4 Å². The van der Waals surface area contributed by atoms with Gasteiger partial charge in [-0.2, -0.15) is 0 Å². The Balaban J connectivity index is 1.25. The summed E-state index contributed by atoms with van der Waals surface area (Å²) in [4.78, 5) is 102. The van der Waals surface area contributed by atoms with Crippen molar-refractivity contribution in [2.24, 2.45) is 16.6 Å². The highest BCUT2D eigenvalue weighted by Crippen LogP contribution is 2.33. The molecule has 6 amide bonds. The molecule has 13 nitrogen and oxygen atoms in total. The number of hydrogen-bond donors (Lipinski definition) is 2. The van der Waals surface area contributed by atoms with Crippen LogP contribution in [0.3, 0.4) is 0 Å². The van der Waals surface area contributed by atoms with Gasteiger partial charge < -0.3 is 20.7 Å². The molecule has 2 atom stereocenters. The first-order chi connectivity index (χ1) is 25.6. The van der Waals surface area contributed by atoms with E-state index >= 15 is 0 Å². The summed E-state index contributed by atoms with van der Waals surface area (Å²) in [5, 5.41) is 4.51. The predicted octanol–water partition coefficient (Wildman–Crippen LogP) is 3.38. The number of benzene rings is 3. The molecule has 3 heterocycles. The van der Waals surface area contributed by atoms with Crippen LogP contribution in [0.5, 0.6) is 0 Å². The zero-order chi connectivity index (χ0) is 37.3. The number of primary amides is 1. The number of carbonyl (C=O) groups excluding carboxylic acids is 7. The van der Waals surface area contributed by atoms with Crippen molar-refractivity contribution in [2.75, 3.05) is 19.8 Å². The third-order valence-corrected chi connectivity index (χ3v) is 11.1. The number of rotatable bonds is 9. The highest BCUT2D eigenvalue weighted by Gasteiger charge is 2.51. The number of nitrogens with zero attached hydrogens (tertiary/aromatic N) is 3. The maximum atomic E-state index is 14.8. The summed E-state index contributed by atoms with van der Waals surface area (Å²) in [6.45, 7) is -0.0468. The van der Waals surface area contributed by atoms with Crippen molar-refractivity contribution >= 4 is 57.7 Å². The van der Waals surface area contributed by atoms with Crippen molar-refractivity contribution < 1.29 is 38.3 Å². The van der Waals surface area contributed by atoms with Gasteiger partial charge in [-0.3, -0.25) is 38.5 Å². The van der Waals surface area contributed by atoms with E-state index < -0.39 is 58.8 Å². The van der Waals surface area contributed by atoms with E-state index in [0.717, 1.165) is 47.8 Å². The highest BCUT2D eigenvalue weighted by atomic mass is 16.5. The fraction of sp³-hybridized carbons (Fsp3) is 0.400. The monoisotopic (exact) mass is 719 g/mol. The quantitative estimate of drug-likeness (QED) is 0.192. The summed E-state index contributed by atoms with van der Waals surface area (Å²) in [7, 11) is 0. The zero-order valence-corrected chi connectivity index (χ0v) is 29.3. The number of carbonyl (C=O) groups is 7. The average Bonchev–Trinajstić information content (AvgIpc) is 3.72. The largest absolute Gasteiger partial charge is 0.381 e. The molecule has 3 fully saturated rings. The van der Waals surface area contributed by atoms with E-state index in [2.05, 4.69) is 10.3 Å². The second-order valence-electron chi connectivity index (χ2n) is 14.4. The molecule has 0 unspecified atom stereocenters. The van der Waals surface area contributed by atoms with Gasteiger partial charge in [0, 0.05) is 38.2 Å². The van der Waals surface area contributed by atoms with Crippen LogP contribution in [0.25, 0.3) is 10.8 Å². The molecule has 1 saturated carbocycles. The summed E-state index contributed by atoms with van der Waals surface area (Å²) in [6.07, 6.45) is 4.73. The van der Waals surface area contributed by atoms with E-state index in [0.29, 0.717) is 5.56 Å². The summed E-state index contributed by atoms with van der Waals surface area (Å²) < 4.78 is 5.41. The standard InChI is InChI=1S/C40H41N5O8/c41-34(47)33(46)40(16-18-53-19-17-40)43-36(49)32-22-28(45-37(50)29-12-6-7-13-30(29)38(45)51)23-44(32)39(52)31(20-24-8-2-1-3-9-24)42-35(48)27-15-14-25-10-4-5-11-26(25)21-27/h4-7,10-15,21,24,28,32H,1-3,8-9,16-20,22-23H2,(H2,41,47)(H,43,49)/b42-31+/t28-,32-/m0/s1. The zero-order valence-electron chi connectivity index (χ0n) is 29.3. The Kier molecular flexibility index (Phi) is 10.0. The van der Waals surface area contributed by atoms with Crippen LogP contribution < -0.4 is 11.1 Å². The number of fused-ring (bicyclic) bond motifs is 2. The lowest BCUT2D eigenvalue weighted by molar-refractivity contribution is -0.146. The molecular formula is C40H41N5O8. The Morgan fingerprint density at radius 3 is 2.15 bits per heavy atom. The molecule has 0 spiro atoms. The maximum absolute atomic E-state index is 14.8. The molecule has 0 radical (unpaired) electrons. The minimum atomic E-state index is -1.66. The van der Waals surface area contributed by atoms with Gasteiger partial charge in [-0.1, -0.05) is 74.6 Å². The van der Waals surface area contributed by atoms with E-state index in [1.165, 1.54) is 4.90 Å². The Hall–Kier alpha value is -5.56. The van der Waals surface area contributed by atoms with Crippen molar-refractivity contribution in [1.29, 1.82) is 0 Å². The predicted molar refractivity (Wildman–Crippen MR) is 193 cm³/mol. The van der Waals surface area contributed by atoms with Crippen molar-refractivity contribution in [3.63, 3.8) is 0 Å². The highest BCUT2D eigenvalue weighted by molar-refractivity contribution is 6.41. The third kappa shape index (κ3) is 7.00. The van der Waals surface area contributed by atoms with Gasteiger partial charge in [0.25, 0.3) is 29.5 Å². The fourth-order valence-corrected chi connectivity index (χ4v) is 8.22. The van der Waals surface area contributed by atoms with Crippen LogP contribution in [-0.2, 0) is 23.9 Å². The number of likely N-dealkylation sites (tertiary alicyclic amines) is 1. The van der Waals surface area contributed by atoms with Crippen LogP contribution >= 0.6 is 0 Å². The summed E-state index contributed by atoms with van der Waals surface area (Å²) >= 11 is 0. The second kappa shape index (κ2) is 14.8. The normalized spacial score (nSPS) is 21.8. The molecule has 3 aromatic carbocycles. The first-order valence-electron chi connectivity index (χ1n) is 18.2. The second-order valence-corrected chi connectivity index (χ2v) is 14.4. The average molecular weight is 720 g/mol. The van der Waals surface area contributed by atoms with E-state index in [9.17, 15) is 33.6 Å². The molecule has 3 aliphatic heterocycles. The first-order valence-corrected chi connectivity index (χ1v) is 18.2. The molecule has 1 aliphatic carbocycles. The Morgan fingerprint density at radius 1 is 0.849 bits per heavy atom. The summed E-state index contributed by atoms with van der Waals surface area (Å²) in [5.74, 6) is -5.25. The Bertz CT molecular complexity index is 2010. The lowest BCUT2D eigenvalue weighted by Crippen LogP contribution is -2.63. The number of hydrogen-bond acceptors (Lipinski definition) is 8. The number of ether oxygens (including phenoxy) is 1. The number of ketones is 1. The fourth-order valence-electron chi connectivity index (χ4n) is 8.22. The van der Waals surface area contributed by atoms with Crippen LogP contribution in [0.15, 0.2) is 71.7 Å². The van der Waals surface area contributed by atoms with Gasteiger partial charge in [0.2, 0.25) is 11.7 Å². The number of nitrogens with one attached hydrogen (secondary N) is 1. The van der Waals surface area contributed by atoms with Crippen molar-refractivity contribution in [3.05, 3.63) is 83.4 Å². The first kappa shape index (κ1) is 35.8. The Morgan fingerprint density at radius 2 is 1.49 bits per heavy atom. The lowest BCUT2D eigenvalue weighted by Gasteiger charge is -2.37. The van der Waals surface area contributed by atoms with Gasteiger partial charge >= 0.3 is 0 Å². The van der Waals surface area contributed by atoms with E-state index in [4.69, 9.17) is 10.5 Å². The van der Waals surface area contributed by atoms with Gasteiger partial charge in [0.05, 0.1) is 17.2 Å². The maximum Gasteiger partial charge on any atom is 0.287 e. The third-order valence-electron chi connectivity index (χ3n) is 11.1. The molecule has 274 valence electrons. The van der Waals surface area contributed by atoms with Gasteiger partial charge in [-0.05, 0) is 53.8 Å². The van der Waals surface area contributed by atoms with Gasteiger partial charge in [-0.25, -0.2) is 4.99 Å². The van der Waals surface area contributed by atoms with Crippen LogP contribution in [0, 0.1) is 5.92 Å². The Labute approximate surface area is 305 Å². The summed E-state index contributed by atoms with van der Waals surface area (Å²) in [5.41, 5.74) is 4.47. The molecule has 0 aromatic heterocycles. The molecule has 4 aliphatic rings. The smallest absolute Gasteiger partial charge is 0.287 e. The number of imide groups is 1. The molecule has 7 rings (SSSR count). The summed E-state index contributed by atoms with van der Waals surface area (Å²) in [6, 6.07) is 17.0. The van der Waals surface area contributed by atoms with E-state index in [-0.39, 0.29) is 68.2 Å². The minimum Gasteiger partial charge on any atom is -0.381 e. The van der Waals surface area contributed by atoms with Crippen LogP contribution in [0.4, 0.5) is 0 Å². The van der Waals surface area contributed by atoms with Crippen LogP contribution in [0.1, 0.15) is 88.9 Å². The molecule has 13 heteroatoms. The van der Waals surface area contributed by atoms with Crippen LogP contribution in [0.2, 0.25) is 0 Å². The van der Waals surface area contributed by atoms with E-state index in [1.807, 2.05) is 30.3 Å². The molecule has 2 saturated heterocycles. The van der Waals surface area contributed by atoms with Crippen molar-refractivity contribution in [1.82, 2.24) is 15.1 Å². The minimum absolute atomic E-state index is 0.0162. The van der Waals surface area contributed by atoms with Crippen LogP contribution in [-0.4, -0.2) is 94.1 Å². The molecule has 3 N–H and O–H groups in total. The lowest BCUT2D eigenvalue weighted by atomic mass is 9.84. The number of nitrogens with two attached hydrogens (primary N) is 1. The molecule has 3 aromatic rings. The van der Waals surface area contributed by atoms with Gasteiger partial charge in [0.1, 0.15) is 17.3 Å². The number of amides is 6. The van der Waals surface area contributed by atoms with Gasteiger partial charge in [-0.15, -0.1) is 0 Å². The van der Waals surface area contributed by atoms with E-state index in [1.54, 1.807) is 36.4 Å². The van der Waals surface area contributed by atoms with Crippen molar-refractivity contribution in [3.8, 4) is 0 Å². The topological polar surface area (TPSA) is 186 Å². The van der Waals surface area contributed by atoms with Gasteiger partial charge in [0.15, 0.2) is 0 Å². The molecule has 53 heavy (non-hydrogen) atoms. The SMILES string of the molecule is NC(=O)C(=O)C1(NC(=O)[C@@H]2C[C@H](N3C(=O)c4ccccc4C3=O)CN2C(=O)/C(CC2CCCCC2)=N/C(=O)c2ccc3ccccc3c2)CCOCC1. The number of aliphatic imine (C=N–C) groups is 1. The number of Topliss-reactive ketones (excluding diaryl/α,β-unsaturated/α-hetero) is 1. The molecular weight excluding hydrogens is 678 g/mol. The molecule has 0 bridgehead atoms.